The summed E-state index contributed by atoms with van der Waals surface area (Å²) < 4.78 is 0. The first-order chi connectivity index (χ1) is 6.05. The second-order valence-electron chi connectivity index (χ2n) is 3.82. The first-order valence-electron chi connectivity index (χ1n) is 4.56. The zero-order valence-corrected chi connectivity index (χ0v) is 8.03. The number of nitrogens with two attached hydrogens (primary N) is 2. The second-order valence-corrected chi connectivity index (χ2v) is 3.82. The van der Waals surface area contributed by atoms with Crippen molar-refractivity contribution in [1.29, 1.82) is 0 Å². The molecule has 5 nitrogen and oxygen atoms in total. The Bertz CT molecular complexity index is 202. The summed E-state index contributed by atoms with van der Waals surface area (Å²) in [6, 6.07) is 0. The fourth-order valence-electron chi connectivity index (χ4n) is 1.57. The molecule has 5 N–H and O–H groups in total. The van der Waals surface area contributed by atoms with Crippen LogP contribution in [0.5, 0.6) is 0 Å². The van der Waals surface area contributed by atoms with Crippen LogP contribution in [-0.2, 0) is 0 Å². The van der Waals surface area contributed by atoms with E-state index < -0.39 is 5.60 Å². The lowest BCUT2D eigenvalue weighted by Gasteiger charge is -2.22. The van der Waals surface area contributed by atoms with Crippen LogP contribution in [0.25, 0.3) is 0 Å². The maximum absolute atomic E-state index is 9.79. The average Bonchev–Trinajstić information content (AvgIpc) is 2.25. The topological polar surface area (TPSA) is 87.9 Å². The number of hydrogen-bond donors (Lipinski definition) is 3. The van der Waals surface area contributed by atoms with Crippen LogP contribution in [0, 0.1) is 0 Å². The Morgan fingerprint density at radius 3 is 2.77 bits per heavy atom. The third-order valence-corrected chi connectivity index (χ3v) is 2.52. The molecule has 1 aliphatic heterocycles. The summed E-state index contributed by atoms with van der Waals surface area (Å²) in [7, 11) is 0. The summed E-state index contributed by atoms with van der Waals surface area (Å²) in [6.45, 7) is 3.40. The van der Waals surface area contributed by atoms with E-state index in [1.54, 1.807) is 0 Å². The largest absolute Gasteiger partial charge is 0.390 e. The van der Waals surface area contributed by atoms with Gasteiger partial charge in [0, 0.05) is 13.1 Å². The molecule has 1 rings (SSSR count). The van der Waals surface area contributed by atoms with Gasteiger partial charge in [-0.3, -0.25) is 0 Å². The van der Waals surface area contributed by atoms with Crippen LogP contribution in [0.15, 0.2) is 5.10 Å². The molecule has 0 aromatic rings. The third-order valence-electron chi connectivity index (χ3n) is 2.52. The molecule has 1 atom stereocenters. The second kappa shape index (κ2) is 3.83. The number of guanidine groups is 1. The SMILES string of the molecule is CC1(O)CCCN(C(N)=NN)CC1. The van der Waals surface area contributed by atoms with Crippen molar-refractivity contribution in [3.63, 3.8) is 0 Å². The molecule has 1 saturated heterocycles. The first-order valence-corrected chi connectivity index (χ1v) is 4.56. The molecule has 0 bridgehead atoms. The number of hydrogen-bond acceptors (Lipinski definition) is 3. The van der Waals surface area contributed by atoms with Gasteiger partial charge in [0.05, 0.1) is 5.60 Å². The standard InChI is InChI=1S/C8H18N4O/c1-8(13)3-2-5-12(6-4-8)7(9)11-10/h13H,2-6,10H2,1H3,(H2,9,11). The van der Waals surface area contributed by atoms with Crippen LogP contribution >= 0.6 is 0 Å². The molecule has 1 heterocycles. The van der Waals surface area contributed by atoms with Crippen LogP contribution in [0.2, 0.25) is 0 Å². The molecule has 0 aliphatic carbocycles. The molecule has 1 unspecified atom stereocenters. The molecule has 0 aromatic heterocycles. The van der Waals surface area contributed by atoms with Crippen molar-refractivity contribution in [3.8, 4) is 0 Å². The predicted molar refractivity (Wildman–Crippen MR) is 51.9 cm³/mol. The zero-order valence-electron chi connectivity index (χ0n) is 8.03. The van der Waals surface area contributed by atoms with Gasteiger partial charge < -0.3 is 21.6 Å². The van der Waals surface area contributed by atoms with Gasteiger partial charge in [-0.15, -0.1) is 5.10 Å². The van der Waals surface area contributed by atoms with Crippen LogP contribution in [0.1, 0.15) is 26.2 Å². The van der Waals surface area contributed by atoms with Gasteiger partial charge in [0.15, 0.2) is 0 Å². The van der Waals surface area contributed by atoms with Gasteiger partial charge >= 0.3 is 0 Å². The van der Waals surface area contributed by atoms with Crippen molar-refractivity contribution in [2.24, 2.45) is 16.7 Å². The fraction of sp³-hybridized carbons (Fsp3) is 0.875. The molecule has 1 aliphatic rings. The van der Waals surface area contributed by atoms with E-state index in [-0.39, 0.29) is 0 Å². The molecular weight excluding hydrogens is 168 g/mol. The molecule has 0 radical (unpaired) electrons. The van der Waals surface area contributed by atoms with Crippen LogP contribution in [0.4, 0.5) is 0 Å². The van der Waals surface area contributed by atoms with Gasteiger partial charge in [0.1, 0.15) is 0 Å². The van der Waals surface area contributed by atoms with Crippen molar-refractivity contribution in [3.05, 3.63) is 0 Å². The summed E-state index contributed by atoms with van der Waals surface area (Å²) in [5.41, 5.74) is 5.01. The Kier molecular flexibility index (Phi) is 2.98. The van der Waals surface area contributed by atoms with E-state index >= 15 is 0 Å². The molecule has 0 aromatic carbocycles. The van der Waals surface area contributed by atoms with E-state index in [0.29, 0.717) is 12.4 Å². The average molecular weight is 186 g/mol. The maximum Gasteiger partial charge on any atom is 0.213 e. The molecule has 0 spiro atoms. The Morgan fingerprint density at radius 2 is 2.15 bits per heavy atom. The molecule has 76 valence electrons. The van der Waals surface area contributed by atoms with Crippen molar-refractivity contribution in [2.45, 2.75) is 31.8 Å². The van der Waals surface area contributed by atoms with Gasteiger partial charge in [-0.25, -0.2) is 0 Å². The summed E-state index contributed by atoms with van der Waals surface area (Å²) in [6.07, 6.45) is 2.44. The minimum atomic E-state index is -0.566. The monoisotopic (exact) mass is 186 g/mol. The summed E-state index contributed by atoms with van der Waals surface area (Å²) in [5, 5.41) is 13.2. The number of aliphatic hydroxyl groups is 1. The maximum atomic E-state index is 9.79. The molecular formula is C8H18N4O. The van der Waals surface area contributed by atoms with E-state index in [0.717, 1.165) is 25.9 Å². The third kappa shape index (κ3) is 2.77. The lowest BCUT2D eigenvalue weighted by Crippen LogP contribution is -2.39. The number of nitrogens with zero attached hydrogens (tertiary/aromatic N) is 2. The lowest BCUT2D eigenvalue weighted by atomic mass is 9.98. The molecule has 5 heteroatoms. The van der Waals surface area contributed by atoms with E-state index in [9.17, 15) is 5.11 Å². The highest BCUT2D eigenvalue weighted by Crippen LogP contribution is 2.20. The van der Waals surface area contributed by atoms with Gasteiger partial charge in [-0.1, -0.05) is 0 Å². The first kappa shape index (κ1) is 10.1. The quantitative estimate of drug-likeness (QED) is 0.204. The van der Waals surface area contributed by atoms with Crippen LogP contribution < -0.4 is 11.6 Å². The summed E-state index contributed by atoms with van der Waals surface area (Å²) in [4.78, 5) is 1.90. The van der Waals surface area contributed by atoms with Crippen LogP contribution in [-0.4, -0.2) is 34.7 Å². The Balaban J connectivity index is 2.55. The van der Waals surface area contributed by atoms with Gasteiger partial charge in [-0.2, -0.15) is 0 Å². The highest BCUT2D eigenvalue weighted by atomic mass is 16.3. The summed E-state index contributed by atoms with van der Waals surface area (Å²) in [5.74, 6) is 5.44. The number of likely N-dealkylation sites (tertiary alicyclic amines) is 1. The van der Waals surface area contributed by atoms with Crippen molar-refractivity contribution in [2.75, 3.05) is 13.1 Å². The van der Waals surface area contributed by atoms with Crippen molar-refractivity contribution < 1.29 is 5.11 Å². The molecule has 1 fully saturated rings. The van der Waals surface area contributed by atoms with Crippen LogP contribution in [0.3, 0.4) is 0 Å². The predicted octanol–water partition coefficient (Wildman–Crippen LogP) is -0.588. The van der Waals surface area contributed by atoms with Gasteiger partial charge in [0.2, 0.25) is 5.96 Å². The highest BCUT2D eigenvalue weighted by molar-refractivity contribution is 5.77. The molecule has 0 saturated carbocycles. The van der Waals surface area contributed by atoms with Crippen molar-refractivity contribution in [1.82, 2.24) is 4.90 Å². The lowest BCUT2D eigenvalue weighted by molar-refractivity contribution is 0.0462. The van der Waals surface area contributed by atoms with Gasteiger partial charge in [0.25, 0.3) is 0 Å². The fourth-order valence-corrected chi connectivity index (χ4v) is 1.57. The Hall–Kier alpha value is -0.970. The smallest absolute Gasteiger partial charge is 0.213 e. The van der Waals surface area contributed by atoms with E-state index in [1.807, 2.05) is 11.8 Å². The zero-order chi connectivity index (χ0) is 9.90. The number of hydrazone groups is 1. The minimum absolute atomic E-state index is 0.359. The molecule has 0 amide bonds. The van der Waals surface area contributed by atoms with Crippen molar-refractivity contribution >= 4 is 5.96 Å². The van der Waals surface area contributed by atoms with Gasteiger partial charge in [-0.05, 0) is 26.2 Å². The van der Waals surface area contributed by atoms with E-state index in [2.05, 4.69) is 5.10 Å². The normalized spacial score (nSPS) is 31.5. The van der Waals surface area contributed by atoms with E-state index in [1.165, 1.54) is 0 Å². The summed E-state index contributed by atoms with van der Waals surface area (Å²) >= 11 is 0. The molecule has 13 heavy (non-hydrogen) atoms. The Morgan fingerprint density at radius 1 is 1.46 bits per heavy atom. The number of rotatable bonds is 0. The minimum Gasteiger partial charge on any atom is -0.390 e. The highest BCUT2D eigenvalue weighted by Gasteiger charge is 2.25. The van der Waals surface area contributed by atoms with E-state index in [4.69, 9.17) is 11.6 Å². The Labute approximate surface area is 78.4 Å².